The Kier molecular flexibility index (Phi) is 10.4. The summed E-state index contributed by atoms with van der Waals surface area (Å²) in [5.74, 6) is -1.95. The standard InChI is InChI=1S/C24H31N3O6S.C2HF3O2/c1-31-21-8-7-20(17-22(21)32-2)34(29,30)26-19-5-3-18(4-6-19)24(9-10-24)23(28)25-11-12-27-13-15-33-16-14-27;3-2(4,5)1(6)7/h3-8,17,26H,9-16H2,1-2H3,(H,25,28);(H,6,7). The molecule has 41 heavy (non-hydrogen) atoms. The Bertz CT molecular complexity index is 1310. The summed E-state index contributed by atoms with van der Waals surface area (Å²) in [5.41, 5.74) is 0.790. The molecule has 0 spiro atoms. The summed E-state index contributed by atoms with van der Waals surface area (Å²) >= 11 is 0. The van der Waals surface area contributed by atoms with E-state index in [4.69, 9.17) is 24.1 Å². The lowest BCUT2D eigenvalue weighted by Gasteiger charge is -2.27. The van der Waals surface area contributed by atoms with E-state index in [-0.39, 0.29) is 10.8 Å². The Balaban J connectivity index is 0.000000587. The van der Waals surface area contributed by atoms with E-state index in [2.05, 4.69) is 14.9 Å². The number of benzene rings is 2. The third kappa shape index (κ3) is 8.47. The molecule has 1 aliphatic carbocycles. The first-order valence-corrected chi connectivity index (χ1v) is 14.0. The van der Waals surface area contributed by atoms with Gasteiger partial charge >= 0.3 is 12.1 Å². The molecule has 11 nitrogen and oxygen atoms in total. The highest BCUT2D eigenvalue weighted by molar-refractivity contribution is 7.92. The highest BCUT2D eigenvalue weighted by atomic mass is 32.2. The summed E-state index contributed by atoms with van der Waals surface area (Å²) in [5, 5.41) is 10.2. The van der Waals surface area contributed by atoms with Gasteiger partial charge in [-0.3, -0.25) is 14.4 Å². The molecular formula is C26H32F3N3O8S. The monoisotopic (exact) mass is 603 g/mol. The number of hydrogen-bond acceptors (Lipinski definition) is 8. The first-order valence-electron chi connectivity index (χ1n) is 12.6. The molecule has 0 bridgehead atoms. The number of carbonyl (C=O) groups is 2. The van der Waals surface area contributed by atoms with Gasteiger partial charge in [-0.1, -0.05) is 12.1 Å². The minimum atomic E-state index is -5.08. The summed E-state index contributed by atoms with van der Waals surface area (Å²) in [6.07, 6.45) is -3.51. The number of aliphatic carboxylic acids is 1. The Morgan fingerprint density at radius 3 is 2.12 bits per heavy atom. The van der Waals surface area contributed by atoms with Gasteiger partial charge in [0.2, 0.25) is 5.91 Å². The lowest BCUT2D eigenvalue weighted by Crippen LogP contribution is -2.43. The fourth-order valence-electron chi connectivity index (χ4n) is 4.15. The van der Waals surface area contributed by atoms with Gasteiger partial charge < -0.3 is 24.6 Å². The highest BCUT2D eigenvalue weighted by Gasteiger charge is 2.51. The molecule has 0 unspecified atom stereocenters. The second-order valence-corrected chi connectivity index (χ2v) is 11.0. The van der Waals surface area contributed by atoms with E-state index < -0.39 is 27.6 Å². The van der Waals surface area contributed by atoms with Crippen LogP contribution in [0.1, 0.15) is 18.4 Å². The number of sulfonamides is 1. The predicted molar refractivity (Wildman–Crippen MR) is 142 cm³/mol. The fraction of sp³-hybridized carbons (Fsp3) is 0.462. The van der Waals surface area contributed by atoms with Crippen LogP contribution in [0.2, 0.25) is 0 Å². The highest BCUT2D eigenvalue weighted by Crippen LogP contribution is 2.48. The normalized spacial score (nSPS) is 16.5. The molecule has 1 aliphatic heterocycles. The number of anilines is 1. The average molecular weight is 604 g/mol. The van der Waals surface area contributed by atoms with Crippen molar-refractivity contribution in [2.24, 2.45) is 0 Å². The maximum atomic E-state index is 12.9. The number of carboxylic acid groups (broad SMARTS) is 1. The molecule has 4 rings (SSSR count). The molecule has 1 saturated heterocycles. The van der Waals surface area contributed by atoms with Crippen molar-refractivity contribution in [3.05, 3.63) is 48.0 Å². The Morgan fingerprint density at radius 2 is 1.61 bits per heavy atom. The van der Waals surface area contributed by atoms with Crippen molar-refractivity contribution in [1.82, 2.24) is 10.2 Å². The number of carboxylic acids is 1. The van der Waals surface area contributed by atoms with E-state index in [1.54, 1.807) is 18.2 Å². The van der Waals surface area contributed by atoms with Gasteiger partial charge in [0, 0.05) is 37.9 Å². The van der Waals surface area contributed by atoms with Gasteiger partial charge in [0.15, 0.2) is 11.5 Å². The van der Waals surface area contributed by atoms with Gasteiger partial charge in [-0.2, -0.15) is 13.2 Å². The number of rotatable bonds is 10. The molecule has 1 amide bonds. The summed E-state index contributed by atoms with van der Waals surface area (Å²) in [6.45, 7) is 4.66. The number of methoxy groups -OCH3 is 2. The van der Waals surface area contributed by atoms with Crippen molar-refractivity contribution in [3.63, 3.8) is 0 Å². The van der Waals surface area contributed by atoms with Crippen molar-refractivity contribution in [3.8, 4) is 11.5 Å². The summed E-state index contributed by atoms with van der Waals surface area (Å²) in [7, 11) is -0.881. The number of ether oxygens (including phenoxy) is 3. The molecule has 2 aromatic rings. The van der Waals surface area contributed by atoms with Crippen LogP contribution in [-0.2, 0) is 29.8 Å². The van der Waals surface area contributed by atoms with Crippen molar-refractivity contribution in [1.29, 1.82) is 0 Å². The van der Waals surface area contributed by atoms with Crippen LogP contribution in [0.4, 0.5) is 18.9 Å². The van der Waals surface area contributed by atoms with Crippen LogP contribution in [0.3, 0.4) is 0 Å². The van der Waals surface area contributed by atoms with Crippen molar-refractivity contribution in [2.75, 3.05) is 58.3 Å². The number of nitrogens with one attached hydrogen (secondary N) is 2. The topological polar surface area (TPSA) is 144 Å². The molecule has 2 aromatic carbocycles. The molecule has 1 heterocycles. The Morgan fingerprint density at radius 1 is 1.02 bits per heavy atom. The van der Waals surface area contributed by atoms with E-state index >= 15 is 0 Å². The van der Waals surface area contributed by atoms with Crippen LogP contribution in [-0.4, -0.2) is 90.1 Å². The predicted octanol–water partition coefficient (Wildman–Crippen LogP) is 2.62. The third-order valence-corrected chi connectivity index (χ3v) is 7.98. The number of morpholine rings is 1. The zero-order valence-corrected chi connectivity index (χ0v) is 23.3. The zero-order chi connectivity index (χ0) is 30.3. The molecule has 0 radical (unpaired) electrons. The number of nitrogens with zero attached hydrogens (tertiary/aromatic N) is 1. The molecule has 1 saturated carbocycles. The molecule has 3 N–H and O–H groups in total. The molecule has 2 aliphatic rings. The maximum absolute atomic E-state index is 12.9. The van der Waals surface area contributed by atoms with Crippen molar-refractivity contribution < 1.29 is 50.5 Å². The van der Waals surface area contributed by atoms with Crippen LogP contribution in [0.5, 0.6) is 11.5 Å². The number of hydrogen-bond donors (Lipinski definition) is 3. The van der Waals surface area contributed by atoms with Gasteiger partial charge in [-0.05, 0) is 42.7 Å². The summed E-state index contributed by atoms with van der Waals surface area (Å²) < 4.78 is 75.7. The van der Waals surface area contributed by atoms with E-state index in [9.17, 15) is 26.4 Å². The van der Waals surface area contributed by atoms with Gasteiger partial charge in [0.25, 0.3) is 10.0 Å². The van der Waals surface area contributed by atoms with Gasteiger partial charge in [-0.15, -0.1) is 0 Å². The number of alkyl halides is 3. The molecule has 15 heteroatoms. The van der Waals surface area contributed by atoms with Crippen LogP contribution in [0.15, 0.2) is 47.4 Å². The first-order chi connectivity index (χ1) is 19.3. The number of carbonyl (C=O) groups excluding carboxylic acids is 1. The Labute approximate surface area is 235 Å². The van der Waals surface area contributed by atoms with E-state index in [0.29, 0.717) is 23.7 Å². The lowest BCUT2D eigenvalue weighted by molar-refractivity contribution is -0.192. The number of halogens is 3. The molecule has 226 valence electrons. The minimum absolute atomic E-state index is 0.0272. The molecule has 0 atom stereocenters. The van der Waals surface area contributed by atoms with Crippen molar-refractivity contribution in [2.45, 2.75) is 29.3 Å². The fourth-order valence-corrected chi connectivity index (χ4v) is 5.22. The SMILES string of the molecule is COc1ccc(S(=O)(=O)Nc2ccc(C3(C(=O)NCCN4CCOCC4)CC3)cc2)cc1OC.O=C(O)C(F)(F)F. The average Bonchev–Trinajstić information content (AvgIpc) is 3.75. The van der Waals surface area contributed by atoms with E-state index in [0.717, 1.165) is 51.3 Å². The van der Waals surface area contributed by atoms with E-state index in [1.165, 1.54) is 26.4 Å². The third-order valence-electron chi connectivity index (χ3n) is 6.60. The minimum Gasteiger partial charge on any atom is -0.493 e. The molecule has 0 aromatic heterocycles. The second kappa shape index (κ2) is 13.4. The summed E-state index contributed by atoms with van der Waals surface area (Å²) in [4.78, 5) is 24.1. The van der Waals surface area contributed by atoms with Gasteiger partial charge in [0.1, 0.15) is 0 Å². The maximum Gasteiger partial charge on any atom is 0.490 e. The largest absolute Gasteiger partial charge is 0.493 e. The molecular weight excluding hydrogens is 571 g/mol. The van der Waals surface area contributed by atoms with Gasteiger partial charge in [-0.25, -0.2) is 13.2 Å². The smallest absolute Gasteiger partial charge is 0.490 e. The first kappa shape index (κ1) is 32.0. The van der Waals surface area contributed by atoms with Crippen LogP contribution in [0.25, 0.3) is 0 Å². The van der Waals surface area contributed by atoms with Crippen LogP contribution >= 0.6 is 0 Å². The second-order valence-electron chi connectivity index (χ2n) is 9.29. The van der Waals surface area contributed by atoms with E-state index in [1.807, 2.05) is 12.1 Å². The summed E-state index contributed by atoms with van der Waals surface area (Å²) in [6, 6.07) is 11.4. The molecule has 2 fully saturated rings. The quantitative estimate of drug-likeness (QED) is 0.373. The number of amides is 1. The Hall–Kier alpha value is -3.56. The van der Waals surface area contributed by atoms with Gasteiger partial charge in [0.05, 0.1) is 37.7 Å². The van der Waals surface area contributed by atoms with Crippen LogP contribution in [0, 0.1) is 0 Å². The lowest BCUT2D eigenvalue weighted by atomic mass is 9.95. The zero-order valence-electron chi connectivity index (χ0n) is 22.5. The van der Waals surface area contributed by atoms with Crippen LogP contribution < -0.4 is 19.5 Å². The van der Waals surface area contributed by atoms with Crippen molar-refractivity contribution >= 4 is 27.6 Å².